The summed E-state index contributed by atoms with van der Waals surface area (Å²) in [6.45, 7) is 0.308. The summed E-state index contributed by atoms with van der Waals surface area (Å²) >= 11 is 6.96. The van der Waals surface area contributed by atoms with Crippen LogP contribution in [0.2, 0.25) is 4.47 Å². The summed E-state index contributed by atoms with van der Waals surface area (Å²) in [5.74, 6) is -0.202. The fraction of sp³-hybridized carbons (Fsp3) is 0.444. The van der Waals surface area contributed by atoms with Crippen LogP contribution in [0.4, 0.5) is 0 Å². The van der Waals surface area contributed by atoms with Crippen molar-refractivity contribution in [2.75, 3.05) is 0 Å². The Morgan fingerprint density at radius 1 is 1.40 bits per heavy atom. The molecule has 1 saturated heterocycles. The van der Waals surface area contributed by atoms with Crippen molar-refractivity contribution in [2.24, 2.45) is 0 Å². The van der Waals surface area contributed by atoms with Gasteiger partial charge in [0.1, 0.15) is 0 Å². The summed E-state index contributed by atoms with van der Waals surface area (Å²) in [5, 5.41) is 0. The fourth-order valence-corrected chi connectivity index (χ4v) is 2.46. The summed E-state index contributed by atoms with van der Waals surface area (Å²) in [4.78, 5) is 28.9. The lowest BCUT2D eigenvalue weighted by Crippen LogP contribution is -2.39. The smallest absolute Gasteiger partial charge is 0.229 e. The number of halogens is 1. The van der Waals surface area contributed by atoms with Crippen LogP contribution in [0, 0.1) is 0 Å². The van der Waals surface area contributed by atoms with E-state index in [-0.39, 0.29) is 11.8 Å². The molecule has 1 aromatic rings. The molecule has 4 nitrogen and oxygen atoms in total. The molecule has 0 unspecified atom stereocenters. The van der Waals surface area contributed by atoms with Gasteiger partial charge in [-0.2, -0.15) is 0 Å². The molecule has 1 aliphatic heterocycles. The van der Waals surface area contributed by atoms with Crippen molar-refractivity contribution in [2.45, 2.75) is 25.8 Å². The van der Waals surface area contributed by atoms with E-state index in [1.54, 1.807) is 6.20 Å². The third-order valence-electron chi connectivity index (χ3n) is 2.22. The highest BCUT2D eigenvalue weighted by Crippen LogP contribution is 2.22. The number of hydrogen-bond donors (Lipinski definition) is 0. The van der Waals surface area contributed by atoms with Crippen LogP contribution in [0.1, 0.15) is 24.1 Å². The Bertz CT molecular complexity index is 389. The summed E-state index contributed by atoms with van der Waals surface area (Å²) in [6, 6.07) is 0. The number of rotatable bonds is 2. The fourth-order valence-electron chi connectivity index (χ4n) is 1.49. The Balaban J connectivity index is 2.09. The van der Waals surface area contributed by atoms with Gasteiger partial charge in [-0.3, -0.25) is 14.5 Å². The first-order valence-corrected chi connectivity index (χ1v) is 5.79. The van der Waals surface area contributed by atoms with Crippen LogP contribution < -0.4 is 0 Å². The van der Waals surface area contributed by atoms with Crippen molar-refractivity contribution < 1.29 is 9.59 Å². The number of imide groups is 1. The maximum atomic E-state index is 11.5. The van der Waals surface area contributed by atoms with Gasteiger partial charge < -0.3 is 0 Å². The normalized spacial score (nSPS) is 17.3. The number of aromatic nitrogens is 1. The largest absolute Gasteiger partial charge is 0.277 e. The standard InChI is InChI=1S/C9H9ClN2O2S/c10-9-11-4-6(15-9)5-12-7(13)2-1-3-8(12)14/h4H,1-3,5H2. The van der Waals surface area contributed by atoms with E-state index >= 15 is 0 Å². The molecule has 2 rings (SSSR count). The van der Waals surface area contributed by atoms with Gasteiger partial charge in [-0.25, -0.2) is 4.98 Å². The maximum Gasteiger partial charge on any atom is 0.229 e. The molecule has 1 fully saturated rings. The number of thiazole rings is 1. The van der Waals surface area contributed by atoms with E-state index in [4.69, 9.17) is 11.6 Å². The highest BCUT2D eigenvalue weighted by molar-refractivity contribution is 7.15. The van der Waals surface area contributed by atoms with Crippen LogP contribution in [0.5, 0.6) is 0 Å². The van der Waals surface area contributed by atoms with Gasteiger partial charge in [0.05, 0.1) is 6.54 Å². The van der Waals surface area contributed by atoms with Crippen LogP contribution in [-0.2, 0) is 16.1 Å². The summed E-state index contributed by atoms with van der Waals surface area (Å²) in [7, 11) is 0. The molecule has 1 aliphatic rings. The van der Waals surface area contributed by atoms with Crippen LogP contribution in [0.15, 0.2) is 6.20 Å². The van der Waals surface area contributed by atoms with Gasteiger partial charge in [-0.05, 0) is 6.42 Å². The zero-order valence-corrected chi connectivity index (χ0v) is 9.48. The average molecular weight is 245 g/mol. The SMILES string of the molecule is O=C1CCCC(=O)N1Cc1cnc(Cl)s1. The van der Waals surface area contributed by atoms with E-state index in [1.165, 1.54) is 16.2 Å². The second-order valence-electron chi connectivity index (χ2n) is 3.31. The lowest BCUT2D eigenvalue weighted by molar-refractivity contribution is -0.148. The number of nitrogens with zero attached hydrogens (tertiary/aromatic N) is 2. The van der Waals surface area contributed by atoms with Crippen LogP contribution in [0.25, 0.3) is 0 Å². The zero-order chi connectivity index (χ0) is 10.8. The Labute approximate surface area is 95.9 Å². The minimum atomic E-state index is -0.101. The summed E-state index contributed by atoms with van der Waals surface area (Å²) in [6.07, 6.45) is 3.18. The Morgan fingerprint density at radius 3 is 2.60 bits per heavy atom. The first-order chi connectivity index (χ1) is 7.16. The molecule has 0 atom stereocenters. The number of carbonyl (C=O) groups is 2. The molecule has 0 aliphatic carbocycles. The molecule has 0 radical (unpaired) electrons. The monoisotopic (exact) mass is 244 g/mol. The van der Waals surface area contributed by atoms with Gasteiger partial charge in [0.15, 0.2) is 4.47 Å². The van der Waals surface area contributed by atoms with Crippen molar-refractivity contribution in [1.29, 1.82) is 0 Å². The van der Waals surface area contributed by atoms with Crippen molar-refractivity contribution in [3.8, 4) is 0 Å². The first kappa shape index (κ1) is 10.6. The lowest BCUT2D eigenvalue weighted by atomic mass is 10.1. The van der Waals surface area contributed by atoms with E-state index in [9.17, 15) is 9.59 Å². The second-order valence-corrected chi connectivity index (χ2v) is 5.00. The van der Waals surface area contributed by atoms with E-state index in [2.05, 4.69) is 4.98 Å². The van der Waals surface area contributed by atoms with E-state index in [0.29, 0.717) is 30.3 Å². The predicted molar refractivity (Wildman–Crippen MR) is 56.5 cm³/mol. The number of carbonyl (C=O) groups excluding carboxylic acids is 2. The van der Waals surface area contributed by atoms with Crippen molar-refractivity contribution >= 4 is 34.8 Å². The van der Waals surface area contributed by atoms with Crippen LogP contribution >= 0.6 is 22.9 Å². The average Bonchev–Trinajstić information content (AvgIpc) is 2.58. The molecule has 0 bridgehead atoms. The lowest BCUT2D eigenvalue weighted by Gasteiger charge is -2.23. The second kappa shape index (κ2) is 4.28. The minimum absolute atomic E-state index is 0.101. The molecule has 0 spiro atoms. The van der Waals surface area contributed by atoms with Gasteiger partial charge in [0.25, 0.3) is 0 Å². The number of amides is 2. The topological polar surface area (TPSA) is 50.3 Å². The van der Waals surface area contributed by atoms with Gasteiger partial charge in [-0.15, -0.1) is 11.3 Å². The molecule has 2 amide bonds. The summed E-state index contributed by atoms with van der Waals surface area (Å²) < 4.78 is 0.432. The Morgan fingerprint density at radius 2 is 2.07 bits per heavy atom. The molecular formula is C9H9ClN2O2S. The number of likely N-dealkylation sites (tertiary alicyclic amines) is 1. The van der Waals surface area contributed by atoms with E-state index in [1.807, 2.05) is 0 Å². The molecule has 0 N–H and O–H groups in total. The molecule has 80 valence electrons. The van der Waals surface area contributed by atoms with Crippen molar-refractivity contribution in [3.63, 3.8) is 0 Å². The van der Waals surface area contributed by atoms with Crippen molar-refractivity contribution in [1.82, 2.24) is 9.88 Å². The number of piperidine rings is 1. The van der Waals surface area contributed by atoms with E-state index < -0.39 is 0 Å². The zero-order valence-electron chi connectivity index (χ0n) is 7.90. The van der Waals surface area contributed by atoms with Gasteiger partial charge in [0, 0.05) is 23.9 Å². The van der Waals surface area contributed by atoms with Gasteiger partial charge >= 0.3 is 0 Å². The maximum absolute atomic E-state index is 11.5. The molecular weight excluding hydrogens is 236 g/mol. The molecule has 0 aromatic carbocycles. The number of hydrogen-bond acceptors (Lipinski definition) is 4. The third-order valence-corrected chi connectivity index (χ3v) is 3.32. The highest BCUT2D eigenvalue weighted by Gasteiger charge is 2.26. The predicted octanol–water partition coefficient (Wildman–Crippen LogP) is 1.84. The first-order valence-electron chi connectivity index (χ1n) is 4.60. The van der Waals surface area contributed by atoms with Gasteiger partial charge in [-0.1, -0.05) is 11.6 Å². The van der Waals surface area contributed by atoms with Crippen molar-refractivity contribution in [3.05, 3.63) is 15.5 Å². The third kappa shape index (κ3) is 2.35. The van der Waals surface area contributed by atoms with Crippen LogP contribution in [0.3, 0.4) is 0 Å². The molecule has 6 heteroatoms. The van der Waals surface area contributed by atoms with Gasteiger partial charge in [0.2, 0.25) is 11.8 Å². The molecule has 2 heterocycles. The minimum Gasteiger partial charge on any atom is -0.277 e. The van der Waals surface area contributed by atoms with E-state index in [0.717, 1.165) is 4.88 Å². The molecule has 1 aromatic heterocycles. The molecule has 15 heavy (non-hydrogen) atoms. The Kier molecular flexibility index (Phi) is 3.02. The summed E-state index contributed by atoms with van der Waals surface area (Å²) in [5.41, 5.74) is 0. The quantitative estimate of drug-likeness (QED) is 0.746. The Hall–Kier alpha value is -0.940. The molecule has 0 saturated carbocycles. The highest BCUT2D eigenvalue weighted by atomic mass is 35.5. The van der Waals surface area contributed by atoms with Crippen LogP contribution in [-0.4, -0.2) is 21.7 Å².